The largest absolute Gasteiger partial charge is 0.423 e. The summed E-state index contributed by atoms with van der Waals surface area (Å²) in [6, 6.07) is 6.16. The highest BCUT2D eigenvalue weighted by Crippen LogP contribution is 2.31. The zero-order valence-electron chi connectivity index (χ0n) is 14.9. The topological polar surface area (TPSA) is 78.7 Å². The van der Waals surface area contributed by atoms with Gasteiger partial charge in [0.15, 0.2) is 5.58 Å². The molecule has 4 heterocycles. The summed E-state index contributed by atoms with van der Waals surface area (Å²) in [5, 5.41) is 3.60. The molecular weight excluding hydrogens is 368 g/mol. The van der Waals surface area contributed by atoms with Gasteiger partial charge in [0.05, 0.1) is 6.04 Å². The maximum absolute atomic E-state index is 12.9. The van der Waals surface area contributed by atoms with Crippen molar-refractivity contribution in [1.29, 1.82) is 0 Å². The molecule has 7 nitrogen and oxygen atoms in total. The molecule has 2 aromatic rings. The van der Waals surface area contributed by atoms with Gasteiger partial charge in [-0.05, 0) is 25.0 Å². The summed E-state index contributed by atoms with van der Waals surface area (Å²) in [6.45, 7) is 2.85. The van der Waals surface area contributed by atoms with Crippen LogP contribution in [0.1, 0.15) is 19.3 Å². The molecule has 1 aromatic carbocycles. The molecule has 0 aliphatic carbocycles. The van der Waals surface area contributed by atoms with Crippen LogP contribution < -0.4 is 10.2 Å². The molecule has 0 saturated carbocycles. The summed E-state index contributed by atoms with van der Waals surface area (Å²) in [5.74, 6) is 0.662. The Hall–Kier alpha value is -2.28. The molecule has 5 rings (SSSR count). The van der Waals surface area contributed by atoms with E-state index in [-0.39, 0.29) is 29.7 Å². The average molecular weight is 389 g/mol. The Morgan fingerprint density at radius 2 is 2.07 bits per heavy atom. The Balaban J connectivity index is 1.21. The molecule has 3 aliphatic heterocycles. The second-order valence-corrected chi connectivity index (χ2v) is 8.19. The summed E-state index contributed by atoms with van der Waals surface area (Å²) in [5.41, 5.74) is 1.47. The fraction of sp³-hybridized carbons (Fsp3) is 0.526. The highest BCUT2D eigenvalue weighted by Gasteiger charge is 2.43. The zero-order valence-corrected chi connectivity index (χ0v) is 15.6. The summed E-state index contributed by atoms with van der Waals surface area (Å²) >= 11 is 6.01. The molecule has 27 heavy (non-hydrogen) atoms. The molecular formula is C19H21ClN4O3. The van der Waals surface area contributed by atoms with Gasteiger partial charge < -0.3 is 19.5 Å². The van der Waals surface area contributed by atoms with Crippen LogP contribution in [0.3, 0.4) is 0 Å². The van der Waals surface area contributed by atoms with Crippen molar-refractivity contribution in [1.82, 2.24) is 15.2 Å². The van der Waals surface area contributed by atoms with E-state index in [2.05, 4.69) is 15.2 Å². The van der Waals surface area contributed by atoms with Crippen LogP contribution in [0.5, 0.6) is 0 Å². The number of nitrogens with zero attached hydrogens (tertiary/aromatic N) is 3. The lowest BCUT2D eigenvalue weighted by Gasteiger charge is -2.32. The number of halogens is 1. The van der Waals surface area contributed by atoms with E-state index in [0.29, 0.717) is 36.1 Å². The Labute approximate surface area is 161 Å². The number of amides is 2. The second-order valence-electron chi connectivity index (χ2n) is 7.75. The third-order valence-electron chi connectivity index (χ3n) is 6.00. The lowest BCUT2D eigenvalue weighted by molar-refractivity contribution is -0.135. The van der Waals surface area contributed by atoms with E-state index in [9.17, 15) is 9.59 Å². The molecule has 0 radical (unpaired) electrons. The Kier molecular flexibility index (Phi) is 4.00. The molecule has 1 N–H and O–H groups in total. The molecule has 8 heteroatoms. The SMILES string of the molecule is O=C1C[C@H]2CN(C(=O)C3CCN(c4nc5ccc(Cl)cc5o4)CC3)C[C@H]2N1. The van der Waals surface area contributed by atoms with Crippen LogP contribution in [0, 0.1) is 11.8 Å². The molecule has 3 fully saturated rings. The molecule has 3 aliphatic rings. The van der Waals surface area contributed by atoms with Crippen LogP contribution in [0.4, 0.5) is 6.01 Å². The van der Waals surface area contributed by atoms with Crippen molar-refractivity contribution in [3.05, 3.63) is 23.2 Å². The van der Waals surface area contributed by atoms with Gasteiger partial charge in [0.25, 0.3) is 6.01 Å². The Morgan fingerprint density at radius 3 is 2.85 bits per heavy atom. The Morgan fingerprint density at radius 1 is 1.26 bits per heavy atom. The van der Waals surface area contributed by atoms with Crippen molar-refractivity contribution < 1.29 is 14.0 Å². The van der Waals surface area contributed by atoms with Crippen LogP contribution >= 0.6 is 11.6 Å². The molecule has 3 saturated heterocycles. The number of hydrogen-bond donors (Lipinski definition) is 1. The number of anilines is 1. The van der Waals surface area contributed by atoms with Crippen LogP contribution in [0.15, 0.2) is 22.6 Å². The molecule has 2 atom stereocenters. The average Bonchev–Trinajstić information content (AvgIpc) is 3.33. The predicted molar refractivity (Wildman–Crippen MR) is 101 cm³/mol. The Bertz CT molecular complexity index is 889. The predicted octanol–water partition coefficient (Wildman–Crippen LogP) is 2.04. The summed E-state index contributed by atoms with van der Waals surface area (Å²) in [4.78, 5) is 32.9. The number of aromatic nitrogens is 1. The molecule has 142 valence electrons. The molecule has 1 aromatic heterocycles. The van der Waals surface area contributed by atoms with Crippen molar-refractivity contribution in [2.45, 2.75) is 25.3 Å². The highest BCUT2D eigenvalue weighted by molar-refractivity contribution is 6.31. The van der Waals surface area contributed by atoms with E-state index in [1.54, 1.807) is 12.1 Å². The number of benzene rings is 1. The van der Waals surface area contributed by atoms with E-state index in [1.165, 1.54) is 0 Å². The van der Waals surface area contributed by atoms with E-state index < -0.39 is 0 Å². The maximum atomic E-state index is 12.9. The molecule has 0 unspecified atom stereocenters. The van der Waals surface area contributed by atoms with Gasteiger partial charge in [-0.3, -0.25) is 9.59 Å². The first kappa shape index (κ1) is 16.9. The van der Waals surface area contributed by atoms with Crippen LogP contribution in [-0.2, 0) is 9.59 Å². The lowest BCUT2D eigenvalue weighted by atomic mass is 9.95. The number of hydrogen-bond acceptors (Lipinski definition) is 5. The van der Waals surface area contributed by atoms with Gasteiger partial charge >= 0.3 is 0 Å². The van der Waals surface area contributed by atoms with E-state index in [0.717, 1.165) is 31.4 Å². The number of rotatable bonds is 2. The zero-order chi connectivity index (χ0) is 18.5. The number of piperidine rings is 1. The summed E-state index contributed by atoms with van der Waals surface area (Å²) < 4.78 is 5.84. The van der Waals surface area contributed by atoms with E-state index >= 15 is 0 Å². The summed E-state index contributed by atoms with van der Waals surface area (Å²) in [6.07, 6.45) is 2.13. The van der Waals surface area contributed by atoms with Gasteiger partial charge in [-0.2, -0.15) is 4.98 Å². The fourth-order valence-electron chi connectivity index (χ4n) is 4.52. The van der Waals surface area contributed by atoms with Gasteiger partial charge in [0, 0.05) is 55.5 Å². The van der Waals surface area contributed by atoms with Gasteiger partial charge in [-0.15, -0.1) is 0 Å². The van der Waals surface area contributed by atoms with Gasteiger partial charge in [-0.1, -0.05) is 11.6 Å². The molecule has 0 bridgehead atoms. The van der Waals surface area contributed by atoms with Crippen LogP contribution in [0.25, 0.3) is 11.1 Å². The minimum Gasteiger partial charge on any atom is -0.423 e. The van der Waals surface area contributed by atoms with Crippen molar-refractivity contribution in [2.75, 3.05) is 31.1 Å². The fourth-order valence-corrected chi connectivity index (χ4v) is 4.69. The van der Waals surface area contributed by atoms with Gasteiger partial charge in [0.1, 0.15) is 5.52 Å². The number of fused-ring (bicyclic) bond motifs is 2. The quantitative estimate of drug-likeness (QED) is 0.851. The monoisotopic (exact) mass is 388 g/mol. The number of carbonyl (C=O) groups excluding carboxylic acids is 2. The van der Waals surface area contributed by atoms with Crippen molar-refractivity contribution in [3.63, 3.8) is 0 Å². The first-order chi connectivity index (χ1) is 13.1. The van der Waals surface area contributed by atoms with E-state index in [4.69, 9.17) is 16.0 Å². The number of oxazole rings is 1. The molecule has 0 spiro atoms. The maximum Gasteiger partial charge on any atom is 0.298 e. The number of carbonyl (C=O) groups is 2. The smallest absolute Gasteiger partial charge is 0.298 e. The normalized spacial score (nSPS) is 25.9. The third-order valence-corrected chi connectivity index (χ3v) is 6.24. The van der Waals surface area contributed by atoms with E-state index in [1.807, 2.05) is 11.0 Å². The number of nitrogens with one attached hydrogen (secondary N) is 1. The highest BCUT2D eigenvalue weighted by atomic mass is 35.5. The lowest BCUT2D eigenvalue weighted by Crippen LogP contribution is -2.43. The van der Waals surface area contributed by atoms with Crippen molar-refractivity contribution in [3.8, 4) is 0 Å². The minimum absolute atomic E-state index is 0.0367. The second kappa shape index (κ2) is 6.41. The van der Waals surface area contributed by atoms with Crippen LogP contribution in [-0.4, -0.2) is 53.9 Å². The first-order valence-electron chi connectivity index (χ1n) is 9.46. The van der Waals surface area contributed by atoms with Crippen LogP contribution in [0.2, 0.25) is 5.02 Å². The minimum atomic E-state index is 0.0367. The van der Waals surface area contributed by atoms with Crippen molar-refractivity contribution >= 4 is 40.5 Å². The first-order valence-corrected chi connectivity index (χ1v) is 9.84. The van der Waals surface area contributed by atoms with Gasteiger partial charge in [-0.25, -0.2) is 0 Å². The van der Waals surface area contributed by atoms with Crippen molar-refractivity contribution in [2.24, 2.45) is 11.8 Å². The molecule has 2 amide bonds. The number of likely N-dealkylation sites (tertiary alicyclic amines) is 1. The standard InChI is InChI=1S/C19H21ClN4O3/c20-13-1-2-14-16(8-13)27-19(22-14)23-5-3-11(4-6-23)18(26)24-9-12-7-17(25)21-15(12)10-24/h1-2,8,11-12,15H,3-7,9-10H2,(H,21,25)/t12-,15+/m0/s1. The summed E-state index contributed by atoms with van der Waals surface area (Å²) in [7, 11) is 0. The van der Waals surface area contributed by atoms with Gasteiger partial charge in [0.2, 0.25) is 11.8 Å². The third kappa shape index (κ3) is 3.04.